The molecule has 0 unspecified atom stereocenters. The molecule has 0 aliphatic rings. The van der Waals surface area contributed by atoms with Gasteiger partial charge in [0.2, 0.25) is 0 Å². The lowest BCUT2D eigenvalue weighted by atomic mass is 10.0. The van der Waals surface area contributed by atoms with Crippen LogP contribution < -0.4 is 14.8 Å². The molecule has 0 bridgehead atoms. The van der Waals surface area contributed by atoms with Gasteiger partial charge in [-0.15, -0.1) is 0 Å². The number of carbonyl (C=O) groups is 1. The van der Waals surface area contributed by atoms with Gasteiger partial charge in [0.1, 0.15) is 17.3 Å². The Morgan fingerprint density at radius 2 is 1.38 bits per heavy atom. The summed E-state index contributed by atoms with van der Waals surface area (Å²) in [4.78, 5) is 16.9. The van der Waals surface area contributed by atoms with Gasteiger partial charge < -0.3 is 19.4 Å². The summed E-state index contributed by atoms with van der Waals surface area (Å²) >= 11 is 0. The van der Waals surface area contributed by atoms with Gasteiger partial charge in [0, 0.05) is 24.2 Å². The monoisotopic (exact) mass is 497 g/mol. The Morgan fingerprint density at radius 3 is 2.05 bits per heavy atom. The van der Waals surface area contributed by atoms with E-state index in [-0.39, 0.29) is 0 Å². The van der Waals surface area contributed by atoms with E-state index in [0.717, 1.165) is 61.5 Å². The quantitative estimate of drug-likeness (QED) is 0.209. The van der Waals surface area contributed by atoms with E-state index >= 15 is 0 Å². The molecule has 6 heteroatoms. The summed E-state index contributed by atoms with van der Waals surface area (Å²) in [6.45, 7) is 3.63. The third kappa shape index (κ3) is 7.23. The van der Waals surface area contributed by atoms with Crippen LogP contribution in [0.2, 0.25) is 0 Å². The Kier molecular flexibility index (Phi) is 9.35. The van der Waals surface area contributed by atoms with Crippen molar-refractivity contribution in [1.29, 1.82) is 0 Å². The SMILES string of the molecule is COc1ccc(OC(=O)NCCCCCCCn2c(C)nc(-c3ccccc3)c2-c2ccccc2)cc1. The highest BCUT2D eigenvalue weighted by Gasteiger charge is 2.17. The largest absolute Gasteiger partial charge is 0.497 e. The Labute approximate surface area is 219 Å². The maximum Gasteiger partial charge on any atom is 0.412 e. The number of unbranched alkanes of at least 4 members (excludes halogenated alkanes) is 4. The van der Waals surface area contributed by atoms with Crippen molar-refractivity contribution >= 4 is 6.09 Å². The number of imidazole rings is 1. The standard InChI is InChI=1S/C31H35N3O3/c1-24-33-29(25-14-8-6-9-15-25)30(26-16-10-7-11-17-26)34(24)23-13-5-3-4-12-22-32-31(35)37-28-20-18-27(36-2)19-21-28/h6-11,14-21H,3-5,12-13,22-23H2,1-2H3,(H,32,35). The fourth-order valence-corrected chi connectivity index (χ4v) is 4.43. The highest BCUT2D eigenvalue weighted by molar-refractivity contribution is 5.79. The van der Waals surface area contributed by atoms with Crippen LogP contribution in [0.4, 0.5) is 4.79 Å². The second kappa shape index (κ2) is 13.3. The van der Waals surface area contributed by atoms with Crippen molar-refractivity contribution < 1.29 is 14.3 Å². The summed E-state index contributed by atoms with van der Waals surface area (Å²) in [7, 11) is 1.60. The number of carbonyl (C=O) groups excluding carboxylic acids is 1. The molecule has 192 valence electrons. The number of amides is 1. The molecule has 1 heterocycles. The van der Waals surface area contributed by atoms with Crippen molar-refractivity contribution in [3.8, 4) is 34.0 Å². The van der Waals surface area contributed by atoms with E-state index < -0.39 is 6.09 Å². The first-order valence-electron chi connectivity index (χ1n) is 12.9. The van der Waals surface area contributed by atoms with E-state index in [4.69, 9.17) is 14.5 Å². The summed E-state index contributed by atoms with van der Waals surface area (Å²) in [5, 5.41) is 2.82. The highest BCUT2D eigenvalue weighted by Crippen LogP contribution is 2.33. The van der Waals surface area contributed by atoms with Gasteiger partial charge in [-0.2, -0.15) is 0 Å². The van der Waals surface area contributed by atoms with Gasteiger partial charge in [-0.3, -0.25) is 0 Å². The molecule has 0 radical (unpaired) electrons. The van der Waals surface area contributed by atoms with Crippen molar-refractivity contribution in [1.82, 2.24) is 14.9 Å². The van der Waals surface area contributed by atoms with Gasteiger partial charge in [-0.25, -0.2) is 9.78 Å². The molecule has 1 aromatic heterocycles. The highest BCUT2D eigenvalue weighted by atomic mass is 16.6. The molecule has 4 aromatic rings. The fourth-order valence-electron chi connectivity index (χ4n) is 4.43. The number of methoxy groups -OCH3 is 1. The first kappa shape index (κ1) is 26.0. The van der Waals surface area contributed by atoms with Crippen molar-refractivity contribution in [2.24, 2.45) is 0 Å². The zero-order chi connectivity index (χ0) is 25.9. The molecule has 0 aliphatic heterocycles. The lowest BCUT2D eigenvalue weighted by Crippen LogP contribution is -2.27. The second-order valence-corrected chi connectivity index (χ2v) is 9.00. The Morgan fingerprint density at radius 1 is 0.784 bits per heavy atom. The number of nitrogens with zero attached hydrogens (tertiary/aromatic N) is 2. The van der Waals surface area contributed by atoms with Crippen LogP contribution in [0.25, 0.3) is 22.5 Å². The number of nitrogens with one attached hydrogen (secondary N) is 1. The minimum absolute atomic E-state index is 0.427. The lowest BCUT2D eigenvalue weighted by Gasteiger charge is -2.12. The first-order valence-corrected chi connectivity index (χ1v) is 12.9. The Hall–Kier alpha value is -4.06. The zero-order valence-corrected chi connectivity index (χ0v) is 21.7. The van der Waals surface area contributed by atoms with E-state index in [9.17, 15) is 4.79 Å². The van der Waals surface area contributed by atoms with E-state index in [2.05, 4.69) is 65.3 Å². The maximum atomic E-state index is 12.0. The number of rotatable bonds is 12. The number of benzene rings is 3. The van der Waals surface area contributed by atoms with Crippen LogP contribution in [0.3, 0.4) is 0 Å². The van der Waals surface area contributed by atoms with E-state index in [1.165, 1.54) is 11.3 Å². The third-order valence-electron chi connectivity index (χ3n) is 6.35. The summed E-state index contributed by atoms with van der Waals surface area (Å²) in [6, 6.07) is 27.9. The van der Waals surface area contributed by atoms with Crippen LogP contribution in [0.5, 0.6) is 11.5 Å². The molecule has 0 atom stereocenters. The van der Waals surface area contributed by atoms with E-state index in [1.807, 2.05) is 12.1 Å². The van der Waals surface area contributed by atoms with Gasteiger partial charge in [-0.1, -0.05) is 79.9 Å². The number of aryl methyl sites for hydroxylation is 1. The summed E-state index contributed by atoms with van der Waals surface area (Å²) in [5.41, 5.74) is 4.55. The van der Waals surface area contributed by atoms with Gasteiger partial charge >= 0.3 is 6.09 Å². The van der Waals surface area contributed by atoms with Gasteiger partial charge in [0.25, 0.3) is 0 Å². The van der Waals surface area contributed by atoms with E-state index in [1.54, 1.807) is 31.4 Å². The second-order valence-electron chi connectivity index (χ2n) is 9.00. The molecular weight excluding hydrogens is 462 g/mol. The summed E-state index contributed by atoms with van der Waals surface area (Å²) in [5.74, 6) is 2.26. The number of hydrogen-bond acceptors (Lipinski definition) is 4. The van der Waals surface area contributed by atoms with E-state index in [0.29, 0.717) is 12.3 Å². The smallest absolute Gasteiger partial charge is 0.412 e. The van der Waals surface area contributed by atoms with Crippen LogP contribution >= 0.6 is 0 Å². The predicted molar refractivity (Wildman–Crippen MR) is 148 cm³/mol. The first-order chi connectivity index (χ1) is 18.2. The van der Waals surface area contributed by atoms with Gasteiger partial charge in [-0.05, 0) is 44.0 Å². The molecular formula is C31H35N3O3. The van der Waals surface area contributed by atoms with Crippen molar-refractivity contribution in [3.63, 3.8) is 0 Å². The lowest BCUT2D eigenvalue weighted by molar-refractivity contribution is 0.200. The van der Waals surface area contributed by atoms with Crippen LogP contribution in [-0.2, 0) is 6.54 Å². The molecule has 37 heavy (non-hydrogen) atoms. The van der Waals surface area contributed by atoms with Crippen LogP contribution in [0.15, 0.2) is 84.9 Å². The summed E-state index contributed by atoms with van der Waals surface area (Å²) < 4.78 is 12.8. The molecule has 0 saturated heterocycles. The molecule has 1 amide bonds. The molecule has 4 rings (SSSR count). The van der Waals surface area contributed by atoms with Gasteiger partial charge in [0.15, 0.2) is 0 Å². The topological polar surface area (TPSA) is 65.4 Å². The maximum absolute atomic E-state index is 12.0. The predicted octanol–water partition coefficient (Wildman–Crippen LogP) is 7.27. The normalized spacial score (nSPS) is 10.8. The number of aromatic nitrogens is 2. The molecule has 3 aromatic carbocycles. The summed E-state index contributed by atoms with van der Waals surface area (Å²) in [6.07, 6.45) is 4.89. The average molecular weight is 498 g/mol. The van der Waals surface area contributed by atoms with Crippen LogP contribution in [0, 0.1) is 6.92 Å². The number of hydrogen-bond donors (Lipinski definition) is 1. The molecule has 0 aliphatic carbocycles. The molecule has 1 N–H and O–H groups in total. The zero-order valence-electron chi connectivity index (χ0n) is 21.7. The minimum Gasteiger partial charge on any atom is -0.497 e. The fraction of sp³-hybridized carbons (Fsp3) is 0.290. The average Bonchev–Trinajstić information content (AvgIpc) is 3.27. The molecule has 0 saturated carbocycles. The molecule has 0 fully saturated rings. The number of ether oxygens (including phenoxy) is 2. The Balaban J connectivity index is 1.22. The third-order valence-corrected chi connectivity index (χ3v) is 6.35. The van der Waals surface area contributed by atoms with Gasteiger partial charge in [0.05, 0.1) is 18.5 Å². The van der Waals surface area contributed by atoms with Crippen LogP contribution in [-0.4, -0.2) is 29.3 Å². The molecule has 0 spiro atoms. The Bertz CT molecular complexity index is 1250. The van der Waals surface area contributed by atoms with Crippen molar-refractivity contribution in [2.75, 3.05) is 13.7 Å². The molecule has 6 nitrogen and oxygen atoms in total. The van der Waals surface area contributed by atoms with Crippen molar-refractivity contribution in [2.45, 2.75) is 45.6 Å². The van der Waals surface area contributed by atoms with Crippen LogP contribution in [0.1, 0.15) is 37.9 Å². The van der Waals surface area contributed by atoms with Crippen molar-refractivity contribution in [3.05, 3.63) is 90.8 Å². The minimum atomic E-state index is -0.427.